The van der Waals surface area contributed by atoms with Crippen LogP contribution in [0.1, 0.15) is 37.7 Å². The van der Waals surface area contributed by atoms with Crippen molar-refractivity contribution < 1.29 is 8.81 Å². The quantitative estimate of drug-likeness (QED) is 0.282. The molecule has 3 heteroatoms. The second-order valence-corrected chi connectivity index (χ2v) is 9.26. The summed E-state index contributed by atoms with van der Waals surface area (Å²) in [5, 5.41) is 2.12. The van der Waals surface area contributed by atoms with Crippen molar-refractivity contribution in [3.63, 3.8) is 0 Å². The first kappa shape index (κ1) is 20.2. The van der Waals surface area contributed by atoms with Crippen LogP contribution in [-0.4, -0.2) is 4.98 Å². The number of rotatable bonds is 4. The van der Waals surface area contributed by atoms with E-state index in [-0.39, 0.29) is 5.82 Å². The predicted molar refractivity (Wildman–Crippen MR) is 133 cm³/mol. The van der Waals surface area contributed by atoms with Gasteiger partial charge in [-0.25, -0.2) is 4.39 Å². The van der Waals surface area contributed by atoms with Crippen molar-refractivity contribution in [3.8, 4) is 22.4 Å². The van der Waals surface area contributed by atoms with Gasteiger partial charge in [-0.2, -0.15) is 0 Å². The third kappa shape index (κ3) is 3.93. The summed E-state index contributed by atoms with van der Waals surface area (Å²) in [6.45, 7) is 0. The lowest BCUT2D eigenvalue weighted by molar-refractivity contribution is 0.356. The number of hydrogen-bond acceptors (Lipinski definition) is 2. The smallest absolute Gasteiger partial charge is 0.136 e. The summed E-state index contributed by atoms with van der Waals surface area (Å²) in [5.41, 5.74) is 7.00. The highest BCUT2D eigenvalue weighted by Gasteiger charge is 2.17. The first-order valence-electron chi connectivity index (χ1n) is 11.9. The van der Waals surface area contributed by atoms with Crippen molar-refractivity contribution in [2.75, 3.05) is 0 Å². The third-order valence-electron chi connectivity index (χ3n) is 7.00. The molecular formula is C30H26FNO. The Balaban J connectivity index is 1.49. The van der Waals surface area contributed by atoms with Gasteiger partial charge in [0.25, 0.3) is 0 Å². The molecule has 3 aromatic carbocycles. The van der Waals surface area contributed by atoms with Crippen molar-refractivity contribution in [1.82, 2.24) is 4.98 Å². The second-order valence-electron chi connectivity index (χ2n) is 9.26. The number of nitrogens with zero attached hydrogens (tertiary/aromatic N) is 1. The molecule has 5 aromatic rings. The molecule has 0 spiro atoms. The van der Waals surface area contributed by atoms with E-state index in [1.165, 1.54) is 49.8 Å². The highest BCUT2D eigenvalue weighted by Crippen LogP contribution is 2.40. The van der Waals surface area contributed by atoms with E-state index in [4.69, 9.17) is 9.40 Å². The normalized spacial score (nSPS) is 14.8. The maximum absolute atomic E-state index is 13.7. The molecule has 2 nitrogen and oxygen atoms in total. The molecule has 0 atom stereocenters. The molecule has 0 radical (unpaired) electrons. The summed E-state index contributed by atoms with van der Waals surface area (Å²) in [4.78, 5) is 4.71. The largest absolute Gasteiger partial charge is 0.456 e. The molecule has 1 aliphatic carbocycles. The van der Waals surface area contributed by atoms with Gasteiger partial charge in [-0.05, 0) is 71.5 Å². The zero-order chi connectivity index (χ0) is 22.2. The van der Waals surface area contributed by atoms with Crippen LogP contribution >= 0.6 is 0 Å². The maximum atomic E-state index is 13.7. The van der Waals surface area contributed by atoms with Gasteiger partial charge >= 0.3 is 0 Å². The maximum Gasteiger partial charge on any atom is 0.136 e. The first-order valence-corrected chi connectivity index (χ1v) is 11.9. The number of fused-ring (bicyclic) bond motifs is 3. The van der Waals surface area contributed by atoms with Crippen LogP contribution in [0.4, 0.5) is 4.39 Å². The fourth-order valence-electron chi connectivity index (χ4n) is 5.34. The Labute approximate surface area is 193 Å². The van der Waals surface area contributed by atoms with E-state index < -0.39 is 0 Å². The Hall–Kier alpha value is -3.46. The van der Waals surface area contributed by atoms with Gasteiger partial charge in [0.05, 0.1) is 5.69 Å². The number of halogens is 1. The number of furan rings is 1. The van der Waals surface area contributed by atoms with Crippen LogP contribution in [0.15, 0.2) is 83.4 Å². The van der Waals surface area contributed by atoms with Crippen LogP contribution in [0.5, 0.6) is 0 Å². The van der Waals surface area contributed by atoms with Gasteiger partial charge in [0, 0.05) is 22.5 Å². The average Bonchev–Trinajstić information content (AvgIpc) is 3.23. The number of para-hydroxylation sites is 1. The minimum atomic E-state index is -0.236. The van der Waals surface area contributed by atoms with Crippen molar-refractivity contribution in [1.29, 1.82) is 0 Å². The molecule has 2 aromatic heterocycles. The molecular weight excluding hydrogens is 409 g/mol. The zero-order valence-corrected chi connectivity index (χ0v) is 18.6. The molecule has 2 heterocycles. The molecule has 0 amide bonds. The number of hydrogen-bond donors (Lipinski definition) is 0. The summed E-state index contributed by atoms with van der Waals surface area (Å²) in [6.07, 6.45) is 9.79. The van der Waals surface area contributed by atoms with Crippen molar-refractivity contribution >= 4 is 21.9 Å². The highest BCUT2D eigenvalue weighted by atomic mass is 19.1. The molecule has 6 rings (SSSR count). The van der Waals surface area contributed by atoms with Crippen molar-refractivity contribution in [2.24, 2.45) is 5.92 Å². The minimum Gasteiger partial charge on any atom is -0.456 e. The van der Waals surface area contributed by atoms with Gasteiger partial charge in [-0.15, -0.1) is 0 Å². The molecule has 1 aliphatic rings. The molecule has 0 saturated heterocycles. The number of benzene rings is 3. The summed E-state index contributed by atoms with van der Waals surface area (Å²) in [6, 6.07) is 23.4. The van der Waals surface area contributed by atoms with Gasteiger partial charge in [0.2, 0.25) is 0 Å². The first-order chi connectivity index (χ1) is 16.2. The van der Waals surface area contributed by atoms with E-state index >= 15 is 0 Å². The number of aromatic nitrogens is 1. The number of pyridine rings is 1. The van der Waals surface area contributed by atoms with Crippen molar-refractivity contribution in [3.05, 3.63) is 90.4 Å². The predicted octanol–water partition coefficient (Wildman–Crippen LogP) is 8.58. The van der Waals surface area contributed by atoms with Crippen LogP contribution in [0.3, 0.4) is 0 Å². The Bertz CT molecular complexity index is 1430. The Morgan fingerprint density at radius 1 is 0.818 bits per heavy atom. The molecule has 0 unspecified atom stereocenters. The molecule has 0 N–H and O–H groups in total. The van der Waals surface area contributed by atoms with Crippen molar-refractivity contribution in [2.45, 2.75) is 38.5 Å². The zero-order valence-electron chi connectivity index (χ0n) is 18.6. The lowest BCUT2D eigenvalue weighted by Gasteiger charge is -2.21. The minimum absolute atomic E-state index is 0.236. The van der Waals surface area contributed by atoms with Crippen LogP contribution < -0.4 is 0 Å². The average molecular weight is 436 g/mol. The van der Waals surface area contributed by atoms with Crippen LogP contribution in [0.25, 0.3) is 44.3 Å². The summed E-state index contributed by atoms with van der Waals surface area (Å²) in [7, 11) is 0. The topological polar surface area (TPSA) is 26.0 Å². The summed E-state index contributed by atoms with van der Waals surface area (Å²) in [5.74, 6) is 0.543. The summed E-state index contributed by atoms with van der Waals surface area (Å²) >= 11 is 0. The van der Waals surface area contributed by atoms with E-state index in [2.05, 4.69) is 30.3 Å². The second kappa shape index (κ2) is 8.47. The van der Waals surface area contributed by atoms with Gasteiger partial charge < -0.3 is 4.42 Å². The van der Waals surface area contributed by atoms with Crippen LogP contribution in [0, 0.1) is 11.7 Å². The van der Waals surface area contributed by atoms with Gasteiger partial charge in [-0.3, -0.25) is 4.98 Å². The van der Waals surface area contributed by atoms with E-state index in [1.54, 1.807) is 0 Å². The van der Waals surface area contributed by atoms with E-state index in [1.807, 2.05) is 36.5 Å². The lowest BCUT2D eigenvalue weighted by Crippen LogP contribution is -2.09. The third-order valence-corrected chi connectivity index (χ3v) is 7.00. The Kier molecular flexibility index (Phi) is 5.18. The van der Waals surface area contributed by atoms with E-state index in [0.717, 1.165) is 56.7 Å². The van der Waals surface area contributed by atoms with Crippen LogP contribution in [-0.2, 0) is 6.42 Å². The SMILES string of the molecule is Fc1ccc(-c2cc(-c3cc(CC4CCCCC4)ccn3)cc3oc4ccccc4c23)cc1. The van der Waals surface area contributed by atoms with E-state index in [9.17, 15) is 4.39 Å². The molecule has 0 bridgehead atoms. The fraction of sp³-hybridized carbons (Fsp3) is 0.233. The Morgan fingerprint density at radius 3 is 2.48 bits per heavy atom. The highest BCUT2D eigenvalue weighted by molar-refractivity contribution is 6.13. The molecule has 1 saturated carbocycles. The summed E-state index contributed by atoms with van der Waals surface area (Å²) < 4.78 is 19.9. The molecule has 0 aliphatic heterocycles. The van der Waals surface area contributed by atoms with Gasteiger partial charge in [0.15, 0.2) is 0 Å². The molecule has 1 fully saturated rings. The standard InChI is InChI=1S/C30H26FNO/c31-24-12-10-22(11-13-24)26-18-23(19-29-30(26)25-8-4-5-9-28(25)33-29)27-17-21(14-15-32-27)16-20-6-2-1-3-7-20/h4-5,8-15,17-20H,1-3,6-7,16H2. The monoisotopic (exact) mass is 435 g/mol. The lowest BCUT2D eigenvalue weighted by atomic mass is 9.85. The Morgan fingerprint density at radius 2 is 1.64 bits per heavy atom. The fourth-order valence-corrected chi connectivity index (χ4v) is 5.34. The molecule has 33 heavy (non-hydrogen) atoms. The van der Waals surface area contributed by atoms with Crippen LogP contribution in [0.2, 0.25) is 0 Å². The van der Waals surface area contributed by atoms with Gasteiger partial charge in [0.1, 0.15) is 17.0 Å². The van der Waals surface area contributed by atoms with Gasteiger partial charge in [-0.1, -0.05) is 62.4 Å². The van der Waals surface area contributed by atoms with E-state index in [0.29, 0.717) is 0 Å². The molecule has 164 valence electrons.